The van der Waals surface area contributed by atoms with E-state index < -0.39 is 0 Å². The molecule has 0 saturated heterocycles. The van der Waals surface area contributed by atoms with E-state index in [0.29, 0.717) is 0 Å². The first-order chi connectivity index (χ1) is 8.24. The lowest BCUT2D eigenvalue weighted by Gasteiger charge is -2.04. The first kappa shape index (κ1) is 12.4. The summed E-state index contributed by atoms with van der Waals surface area (Å²) in [6.07, 6.45) is 8.31. The molecule has 0 unspecified atom stereocenters. The molecule has 1 saturated carbocycles. The van der Waals surface area contributed by atoms with Crippen LogP contribution in [0.15, 0.2) is 30.3 Å². The van der Waals surface area contributed by atoms with Crippen LogP contribution in [-0.2, 0) is 6.42 Å². The van der Waals surface area contributed by atoms with Crippen molar-refractivity contribution in [3.63, 3.8) is 0 Å². The molecular weight excluding hydrogens is 206 g/mol. The van der Waals surface area contributed by atoms with E-state index in [1.54, 1.807) is 0 Å². The minimum Gasteiger partial charge on any atom is -0.311 e. The maximum atomic E-state index is 3.48. The van der Waals surface area contributed by atoms with Crippen LogP contribution in [0.25, 0.3) is 6.08 Å². The Morgan fingerprint density at radius 1 is 1.24 bits per heavy atom. The van der Waals surface area contributed by atoms with E-state index in [0.717, 1.165) is 18.5 Å². The summed E-state index contributed by atoms with van der Waals surface area (Å²) in [7, 11) is 0. The second-order valence-electron chi connectivity index (χ2n) is 5.42. The van der Waals surface area contributed by atoms with Crippen molar-refractivity contribution in [1.82, 2.24) is 5.32 Å². The lowest BCUT2D eigenvalue weighted by molar-refractivity contribution is 0.647. The molecule has 1 aliphatic carbocycles. The molecule has 1 heteroatoms. The van der Waals surface area contributed by atoms with Gasteiger partial charge in [0.25, 0.3) is 0 Å². The molecule has 1 aromatic rings. The van der Waals surface area contributed by atoms with Gasteiger partial charge in [-0.25, -0.2) is 0 Å². The summed E-state index contributed by atoms with van der Waals surface area (Å²) >= 11 is 0. The van der Waals surface area contributed by atoms with Crippen molar-refractivity contribution in [3.8, 4) is 0 Å². The second-order valence-corrected chi connectivity index (χ2v) is 5.42. The summed E-state index contributed by atoms with van der Waals surface area (Å²) in [5.41, 5.74) is 2.74. The zero-order valence-electron chi connectivity index (χ0n) is 10.9. The van der Waals surface area contributed by atoms with Crippen molar-refractivity contribution in [2.24, 2.45) is 5.92 Å². The number of nitrogens with one attached hydrogen (secondary N) is 1. The van der Waals surface area contributed by atoms with E-state index in [-0.39, 0.29) is 0 Å². The van der Waals surface area contributed by atoms with Gasteiger partial charge in [-0.1, -0.05) is 50.3 Å². The maximum absolute atomic E-state index is 3.48. The number of rotatable bonds is 6. The third-order valence-corrected chi connectivity index (χ3v) is 3.04. The molecule has 0 aromatic heterocycles. The highest BCUT2D eigenvalue weighted by atomic mass is 14.9. The van der Waals surface area contributed by atoms with Crippen molar-refractivity contribution in [2.45, 2.75) is 39.2 Å². The Hall–Kier alpha value is -1.08. The van der Waals surface area contributed by atoms with Crippen molar-refractivity contribution in [3.05, 3.63) is 41.5 Å². The molecule has 0 heterocycles. The van der Waals surface area contributed by atoms with Gasteiger partial charge >= 0.3 is 0 Å². The van der Waals surface area contributed by atoms with Gasteiger partial charge in [0, 0.05) is 12.6 Å². The van der Waals surface area contributed by atoms with E-state index >= 15 is 0 Å². The summed E-state index contributed by atoms with van der Waals surface area (Å²) in [5.74, 6) is 0.735. The fourth-order valence-corrected chi connectivity index (χ4v) is 1.95. The zero-order chi connectivity index (χ0) is 12.1. The molecule has 92 valence electrons. The molecule has 0 atom stereocenters. The maximum Gasteiger partial charge on any atom is 0.0140 e. The van der Waals surface area contributed by atoms with Crippen molar-refractivity contribution >= 4 is 6.08 Å². The van der Waals surface area contributed by atoms with E-state index in [1.807, 2.05) is 0 Å². The van der Waals surface area contributed by atoms with Gasteiger partial charge in [0.15, 0.2) is 0 Å². The van der Waals surface area contributed by atoms with Gasteiger partial charge in [-0.05, 0) is 36.3 Å². The van der Waals surface area contributed by atoms with Crippen LogP contribution in [0.1, 0.15) is 37.8 Å². The lowest BCUT2D eigenvalue weighted by atomic mass is 10.0. The topological polar surface area (TPSA) is 12.0 Å². The highest BCUT2D eigenvalue weighted by Gasteiger charge is 2.18. The van der Waals surface area contributed by atoms with Crippen LogP contribution in [0.2, 0.25) is 0 Å². The zero-order valence-corrected chi connectivity index (χ0v) is 10.9. The Kier molecular flexibility index (Phi) is 4.38. The molecule has 0 radical (unpaired) electrons. The summed E-state index contributed by atoms with van der Waals surface area (Å²) < 4.78 is 0. The molecule has 0 bridgehead atoms. The molecule has 17 heavy (non-hydrogen) atoms. The monoisotopic (exact) mass is 229 g/mol. The molecule has 1 aliphatic rings. The molecule has 1 N–H and O–H groups in total. The predicted octanol–water partition coefficient (Wildman–Crippen LogP) is 3.65. The summed E-state index contributed by atoms with van der Waals surface area (Å²) in [6, 6.07) is 9.71. The van der Waals surface area contributed by atoms with Crippen molar-refractivity contribution < 1.29 is 0 Å². The van der Waals surface area contributed by atoms with E-state index in [9.17, 15) is 0 Å². The fourth-order valence-electron chi connectivity index (χ4n) is 1.95. The average Bonchev–Trinajstić information content (AvgIpc) is 3.10. The SMILES string of the molecule is CC(C)Cc1ccc(C=CCNC2CC2)cc1. The third-order valence-electron chi connectivity index (χ3n) is 3.04. The quantitative estimate of drug-likeness (QED) is 0.785. The van der Waals surface area contributed by atoms with Crippen LogP contribution in [-0.4, -0.2) is 12.6 Å². The molecule has 0 spiro atoms. The van der Waals surface area contributed by atoms with Crippen LogP contribution < -0.4 is 5.32 Å². The van der Waals surface area contributed by atoms with Gasteiger partial charge in [0.1, 0.15) is 0 Å². The summed E-state index contributed by atoms with van der Waals surface area (Å²) in [6.45, 7) is 5.52. The minimum atomic E-state index is 0.735. The van der Waals surface area contributed by atoms with Gasteiger partial charge in [-0.3, -0.25) is 0 Å². The normalized spacial score (nSPS) is 15.9. The van der Waals surface area contributed by atoms with Gasteiger partial charge in [0.2, 0.25) is 0 Å². The van der Waals surface area contributed by atoms with Crippen molar-refractivity contribution in [1.29, 1.82) is 0 Å². The first-order valence-electron chi connectivity index (χ1n) is 6.73. The fraction of sp³-hybridized carbons (Fsp3) is 0.500. The van der Waals surface area contributed by atoms with Gasteiger partial charge < -0.3 is 5.32 Å². The smallest absolute Gasteiger partial charge is 0.0140 e. The molecule has 1 aromatic carbocycles. The first-order valence-corrected chi connectivity index (χ1v) is 6.73. The third kappa shape index (κ3) is 4.74. The van der Waals surface area contributed by atoms with E-state index in [1.165, 1.54) is 30.4 Å². The predicted molar refractivity (Wildman–Crippen MR) is 75.0 cm³/mol. The van der Waals surface area contributed by atoms with E-state index in [4.69, 9.17) is 0 Å². The number of benzene rings is 1. The Balaban J connectivity index is 1.79. The Labute approximate surface area is 105 Å². The van der Waals surface area contributed by atoms with E-state index in [2.05, 4.69) is 55.6 Å². The van der Waals surface area contributed by atoms with Gasteiger partial charge in [-0.15, -0.1) is 0 Å². The summed E-state index contributed by atoms with van der Waals surface area (Å²) in [4.78, 5) is 0. The van der Waals surface area contributed by atoms with Crippen LogP contribution >= 0.6 is 0 Å². The van der Waals surface area contributed by atoms with Crippen molar-refractivity contribution in [2.75, 3.05) is 6.54 Å². The molecule has 0 amide bonds. The Morgan fingerprint density at radius 3 is 2.53 bits per heavy atom. The van der Waals surface area contributed by atoms with Crippen LogP contribution in [0.4, 0.5) is 0 Å². The highest BCUT2D eigenvalue weighted by Crippen LogP contribution is 2.18. The van der Waals surface area contributed by atoms with Gasteiger partial charge in [-0.2, -0.15) is 0 Å². The minimum absolute atomic E-state index is 0.735. The Morgan fingerprint density at radius 2 is 1.94 bits per heavy atom. The average molecular weight is 229 g/mol. The molecule has 1 fully saturated rings. The van der Waals surface area contributed by atoms with Crippen LogP contribution in [0.5, 0.6) is 0 Å². The van der Waals surface area contributed by atoms with Crippen LogP contribution in [0, 0.1) is 5.92 Å². The molecule has 1 nitrogen and oxygen atoms in total. The molecule has 0 aliphatic heterocycles. The number of hydrogen-bond acceptors (Lipinski definition) is 1. The molecule has 2 rings (SSSR count). The highest BCUT2D eigenvalue weighted by molar-refractivity contribution is 5.49. The molecular formula is C16H23N. The van der Waals surface area contributed by atoms with Crippen LogP contribution in [0.3, 0.4) is 0 Å². The number of hydrogen-bond donors (Lipinski definition) is 1. The second kappa shape index (κ2) is 6.02. The summed E-state index contributed by atoms with van der Waals surface area (Å²) in [5, 5.41) is 3.48. The largest absolute Gasteiger partial charge is 0.311 e. The Bertz CT molecular complexity index is 358. The van der Waals surface area contributed by atoms with Gasteiger partial charge in [0.05, 0.1) is 0 Å². The lowest BCUT2D eigenvalue weighted by Crippen LogP contribution is -2.15. The standard InChI is InChI=1S/C16H23N/c1-13(2)12-15-7-5-14(6-8-15)4-3-11-17-16-9-10-16/h3-8,13,16-17H,9-12H2,1-2H3.